The molecule has 2 aromatic rings. The number of unbranched alkanes of at least 4 members (excludes halogenated alkanes) is 8. The Morgan fingerprint density at radius 3 is 1.98 bits per heavy atom. The zero-order valence-electron chi connectivity index (χ0n) is 28.6. The van der Waals surface area contributed by atoms with Crippen LogP contribution >= 0.6 is 0 Å². The topological polar surface area (TPSA) is 181 Å². The molecule has 0 bridgehead atoms. The van der Waals surface area contributed by atoms with E-state index in [1.165, 1.54) is 38.5 Å². The average Bonchev–Trinajstić information content (AvgIpc) is 3.07. The van der Waals surface area contributed by atoms with E-state index < -0.39 is 35.9 Å². The van der Waals surface area contributed by atoms with Gasteiger partial charge in [-0.15, -0.1) is 0 Å². The number of nitrogens with zero attached hydrogens (tertiary/aromatic N) is 2. The summed E-state index contributed by atoms with van der Waals surface area (Å²) in [6.07, 6.45) is 8.88. The summed E-state index contributed by atoms with van der Waals surface area (Å²) in [6.45, 7) is 3.28. The maximum absolute atomic E-state index is 12.1. The van der Waals surface area contributed by atoms with Crippen LogP contribution in [0.4, 0.5) is 0 Å². The minimum atomic E-state index is -3.18. The van der Waals surface area contributed by atoms with Crippen LogP contribution in [0, 0.1) is 0 Å². The largest absolute Gasteiger partial charge is 0.489 e. The number of hydrogen-bond donors (Lipinski definition) is 6. The summed E-state index contributed by atoms with van der Waals surface area (Å²) in [5.74, 6) is -4.81. The van der Waals surface area contributed by atoms with E-state index >= 15 is 0 Å². The highest BCUT2D eigenvalue weighted by molar-refractivity contribution is 6.21. The number of hydrogen-bond acceptors (Lipinski definition) is 10. The first-order valence-electron chi connectivity index (χ1n) is 17.4. The van der Waals surface area contributed by atoms with Crippen LogP contribution in [-0.2, 0) is 21.0 Å². The van der Waals surface area contributed by atoms with Gasteiger partial charge in [0.15, 0.2) is 6.23 Å². The normalized spacial score (nSPS) is 18.6. The number of aliphatic hydroxyl groups is 1. The monoisotopic (exact) mass is 686 g/mol. The van der Waals surface area contributed by atoms with Crippen LogP contribution in [0.2, 0.25) is 0 Å². The quantitative estimate of drug-likeness (QED) is 0.0933. The third-order valence-corrected chi connectivity index (χ3v) is 8.76. The van der Waals surface area contributed by atoms with Crippen LogP contribution in [-0.4, -0.2) is 112 Å². The number of carboxylic acid groups (broad SMARTS) is 3. The number of β-amino-alcohol motifs (C(OH)–C–C–N with tert-alkyl or cyclic N) is 1. The van der Waals surface area contributed by atoms with Gasteiger partial charge in [-0.3, -0.25) is 15.1 Å². The fourth-order valence-electron chi connectivity index (χ4n) is 5.93. The minimum absolute atomic E-state index is 0.0144. The van der Waals surface area contributed by atoms with Crippen molar-refractivity contribution < 1.29 is 44.3 Å². The van der Waals surface area contributed by atoms with Gasteiger partial charge in [0.2, 0.25) is 0 Å². The zero-order chi connectivity index (χ0) is 35.5. The van der Waals surface area contributed by atoms with E-state index in [-0.39, 0.29) is 39.3 Å². The molecule has 1 heterocycles. The number of nitrogens with one attached hydrogen (secondary N) is 2. The Hall–Kier alpha value is -3.75. The van der Waals surface area contributed by atoms with Gasteiger partial charge < -0.3 is 35.2 Å². The van der Waals surface area contributed by atoms with E-state index in [2.05, 4.69) is 17.6 Å². The number of ether oxygens (including phenoxy) is 2. The van der Waals surface area contributed by atoms with E-state index in [1.807, 2.05) is 35.2 Å². The molecular weight excluding hydrogens is 632 g/mol. The molecule has 0 amide bonds. The van der Waals surface area contributed by atoms with Gasteiger partial charge in [0, 0.05) is 39.3 Å². The molecule has 1 aliphatic rings. The fourth-order valence-corrected chi connectivity index (χ4v) is 5.93. The lowest BCUT2D eigenvalue weighted by atomic mass is 9.97. The fraction of sp³-hybridized carbons (Fsp3) is 0.583. The molecule has 0 radical (unpaired) electrons. The lowest BCUT2D eigenvalue weighted by molar-refractivity contribution is -0.179. The molecule has 0 aliphatic carbocycles. The molecule has 2 aromatic carbocycles. The summed E-state index contributed by atoms with van der Waals surface area (Å²) in [7, 11) is 0. The molecular formula is C36H54N4O9. The van der Waals surface area contributed by atoms with Gasteiger partial charge in [-0.1, -0.05) is 88.6 Å². The van der Waals surface area contributed by atoms with Gasteiger partial charge in [-0.25, -0.2) is 14.4 Å². The Morgan fingerprint density at radius 2 is 1.37 bits per heavy atom. The molecule has 0 spiro atoms. The van der Waals surface area contributed by atoms with Crippen molar-refractivity contribution in [2.45, 2.75) is 89.3 Å². The minimum Gasteiger partial charge on any atom is -0.489 e. The average molecular weight is 687 g/mol. The molecule has 6 N–H and O–H groups in total. The Bertz CT molecular complexity index is 1230. The highest BCUT2D eigenvalue weighted by atomic mass is 16.5. The SMILES string of the molecule is CCCCCCCCCCCN1CC(Oc2ccc(OCc3ccccc3)cc2)NCCN(C(C(=O)O)(C(=O)O)C(=O)O)CCNCC1O. The molecule has 0 aromatic heterocycles. The number of carboxylic acids is 3. The third-order valence-electron chi connectivity index (χ3n) is 8.76. The predicted molar refractivity (Wildman–Crippen MR) is 185 cm³/mol. The maximum Gasteiger partial charge on any atom is 0.347 e. The van der Waals surface area contributed by atoms with E-state index in [9.17, 15) is 34.8 Å². The molecule has 1 fully saturated rings. The van der Waals surface area contributed by atoms with E-state index in [1.54, 1.807) is 24.3 Å². The highest BCUT2D eigenvalue weighted by Crippen LogP contribution is 2.21. The van der Waals surface area contributed by atoms with Gasteiger partial charge in [0.25, 0.3) is 0 Å². The van der Waals surface area contributed by atoms with Gasteiger partial charge >= 0.3 is 23.4 Å². The van der Waals surface area contributed by atoms with Crippen molar-refractivity contribution in [2.75, 3.05) is 45.8 Å². The molecule has 13 nitrogen and oxygen atoms in total. The predicted octanol–water partition coefficient (Wildman–Crippen LogP) is 3.61. The van der Waals surface area contributed by atoms with Crippen LogP contribution in [0.1, 0.15) is 70.3 Å². The lowest BCUT2D eigenvalue weighted by Gasteiger charge is -2.36. The summed E-state index contributed by atoms with van der Waals surface area (Å²) >= 11 is 0. The summed E-state index contributed by atoms with van der Waals surface area (Å²) in [4.78, 5) is 39.2. The van der Waals surface area contributed by atoms with E-state index in [0.717, 1.165) is 29.7 Å². The number of rotatable bonds is 19. The Kier molecular flexibility index (Phi) is 17.3. The van der Waals surface area contributed by atoms with Crippen molar-refractivity contribution in [3.05, 3.63) is 60.2 Å². The molecule has 0 saturated carbocycles. The van der Waals surface area contributed by atoms with Crippen LogP contribution < -0.4 is 20.1 Å². The van der Waals surface area contributed by atoms with Crippen molar-refractivity contribution in [3.8, 4) is 11.5 Å². The summed E-state index contributed by atoms with van der Waals surface area (Å²) in [6, 6.07) is 16.9. The highest BCUT2D eigenvalue weighted by Gasteiger charge is 2.59. The molecule has 49 heavy (non-hydrogen) atoms. The second kappa shape index (κ2) is 21.4. The van der Waals surface area contributed by atoms with Gasteiger partial charge in [-0.2, -0.15) is 0 Å². The smallest absolute Gasteiger partial charge is 0.347 e. The van der Waals surface area contributed by atoms with Gasteiger partial charge in [0.05, 0.1) is 6.54 Å². The van der Waals surface area contributed by atoms with Crippen molar-refractivity contribution in [2.24, 2.45) is 0 Å². The lowest BCUT2D eigenvalue weighted by Crippen LogP contribution is -2.67. The molecule has 272 valence electrons. The number of aliphatic hydroxyl groups excluding tert-OH is 1. The van der Waals surface area contributed by atoms with E-state index in [4.69, 9.17) is 9.47 Å². The molecule has 13 heteroatoms. The first-order valence-corrected chi connectivity index (χ1v) is 17.4. The Morgan fingerprint density at radius 1 is 0.796 bits per heavy atom. The second-order valence-corrected chi connectivity index (χ2v) is 12.4. The maximum atomic E-state index is 12.1. The van der Waals surface area contributed by atoms with Crippen molar-refractivity contribution in [1.29, 1.82) is 0 Å². The molecule has 1 aliphatic heterocycles. The van der Waals surface area contributed by atoms with Gasteiger partial charge in [-0.05, 0) is 36.2 Å². The number of benzene rings is 2. The van der Waals surface area contributed by atoms with Crippen molar-refractivity contribution in [1.82, 2.24) is 20.4 Å². The van der Waals surface area contributed by atoms with Crippen LogP contribution in [0.5, 0.6) is 11.5 Å². The van der Waals surface area contributed by atoms with Crippen LogP contribution in [0.15, 0.2) is 54.6 Å². The first kappa shape index (κ1) is 39.7. The number of aliphatic carboxylic acids is 3. The first-order chi connectivity index (χ1) is 23.7. The molecule has 2 atom stereocenters. The van der Waals surface area contributed by atoms with Crippen LogP contribution in [0.25, 0.3) is 0 Å². The van der Waals surface area contributed by atoms with Crippen molar-refractivity contribution >= 4 is 17.9 Å². The Balaban J connectivity index is 1.71. The third kappa shape index (κ3) is 12.6. The molecule has 2 unspecified atom stereocenters. The zero-order valence-corrected chi connectivity index (χ0v) is 28.6. The second-order valence-electron chi connectivity index (χ2n) is 12.4. The summed E-state index contributed by atoms with van der Waals surface area (Å²) in [5.41, 5.74) is -2.15. The molecule has 1 saturated heterocycles. The van der Waals surface area contributed by atoms with Crippen molar-refractivity contribution in [3.63, 3.8) is 0 Å². The Labute approximate surface area is 289 Å². The summed E-state index contributed by atoms with van der Waals surface area (Å²) in [5, 5.41) is 46.9. The van der Waals surface area contributed by atoms with Gasteiger partial charge in [0.1, 0.15) is 24.3 Å². The number of carbonyl (C=O) groups is 3. The molecule has 3 rings (SSSR count). The van der Waals surface area contributed by atoms with Crippen LogP contribution in [0.3, 0.4) is 0 Å². The standard InChI is InChI=1S/C36H54N4O9/c1-2-3-4-5-6-7-8-9-13-22-39-26-31(49-30-18-16-29(17-19-30)48-27-28-14-11-10-12-15-28)38-21-24-40(23-20-37-25-32(39)41)36(33(42)43,34(44)45)35(46)47/h10-12,14-19,31-32,37-38,41H,2-9,13,20-27H2,1H3,(H,42,43)(H,44,45)(H,46,47). The van der Waals surface area contributed by atoms with E-state index in [0.29, 0.717) is 24.7 Å². The summed E-state index contributed by atoms with van der Waals surface area (Å²) < 4.78 is 12.2.